The van der Waals surface area contributed by atoms with Gasteiger partial charge in [-0.2, -0.15) is 0 Å². The number of nitrogens with zero attached hydrogens (tertiary/aromatic N) is 3. The summed E-state index contributed by atoms with van der Waals surface area (Å²) in [5, 5.41) is 9.60. The lowest BCUT2D eigenvalue weighted by molar-refractivity contribution is 0.240. The highest BCUT2D eigenvalue weighted by Crippen LogP contribution is 2.21. The number of aromatic nitrogens is 2. The third-order valence-electron chi connectivity index (χ3n) is 5.82. The summed E-state index contributed by atoms with van der Waals surface area (Å²) in [5.41, 5.74) is 8.69. The van der Waals surface area contributed by atoms with Crippen LogP contribution in [-0.2, 0) is 39.2 Å². The Morgan fingerprint density at radius 2 is 1.69 bits per heavy atom. The second-order valence-corrected chi connectivity index (χ2v) is 8.01. The van der Waals surface area contributed by atoms with Crippen LogP contribution in [0.3, 0.4) is 0 Å². The van der Waals surface area contributed by atoms with Gasteiger partial charge in [-0.1, -0.05) is 6.07 Å². The molecule has 0 saturated carbocycles. The molecular formula is C23H25F3N4O2. The maximum Gasteiger partial charge on any atom is 0.271 e. The van der Waals surface area contributed by atoms with Gasteiger partial charge in [0.05, 0.1) is 25.3 Å². The number of fused-ring (bicyclic) bond motifs is 1. The molecule has 2 aromatic carbocycles. The molecule has 6 nitrogen and oxygen atoms in total. The largest absolute Gasteiger partial charge is 0.392 e. The molecule has 2 heterocycles. The fourth-order valence-electron chi connectivity index (χ4n) is 4.38. The molecule has 0 bridgehead atoms. The summed E-state index contributed by atoms with van der Waals surface area (Å²) in [4.78, 5) is 15.3. The molecule has 3 N–H and O–H groups in total. The Hall–Kier alpha value is -2.88. The monoisotopic (exact) mass is 446 g/mol. The first-order valence-corrected chi connectivity index (χ1v) is 10.5. The number of benzene rings is 2. The fraction of sp³-hybridized carbons (Fsp3) is 0.348. The topological polar surface area (TPSA) is 76.4 Å². The standard InChI is InChI=1S/C23H25F3N4O2/c24-18-2-1-16(17(9-18)14-31)12-30-23(32)21-13-28(5-3-22(21)29(30)6-4-27)11-15-7-19(25)10-20(26)8-15/h1-2,7-10,31H,3-6,11-14,27H2. The highest BCUT2D eigenvalue weighted by molar-refractivity contribution is 5.29. The lowest BCUT2D eigenvalue weighted by Gasteiger charge is -2.27. The Morgan fingerprint density at radius 1 is 0.938 bits per heavy atom. The van der Waals surface area contributed by atoms with Gasteiger partial charge in [-0.15, -0.1) is 0 Å². The first kappa shape index (κ1) is 22.3. The van der Waals surface area contributed by atoms with Crippen molar-refractivity contribution in [3.8, 4) is 0 Å². The Morgan fingerprint density at radius 3 is 2.38 bits per heavy atom. The highest BCUT2D eigenvalue weighted by Gasteiger charge is 2.26. The van der Waals surface area contributed by atoms with Gasteiger partial charge in [0.2, 0.25) is 0 Å². The molecule has 1 aliphatic rings. The first-order valence-electron chi connectivity index (χ1n) is 10.5. The van der Waals surface area contributed by atoms with Crippen molar-refractivity contribution in [3.63, 3.8) is 0 Å². The maximum atomic E-state index is 13.6. The molecule has 0 unspecified atom stereocenters. The lowest BCUT2D eigenvalue weighted by Crippen LogP contribution is -2.32. The third kappa shape index (κ3) is 4.50. The van der Waals surface area contributed by atoms with Crippen molar-refractivity contribution >= 4 is 0 Å². The smallest absolute Gasteiger partial charge is 0.271 e. The molecule has 1 aromatic heterocycles. The van der Waals surface area contributed by atoms with Crippen molar-refractivity contribution in [2.75, 3.05) is 13.1 Å². The summed E-state index contributed by atoms with van der Waals surface area (Å²) in [6, 6.07) is 7.55. The summed E-state index contributed by atoms with van der Waals surface area (Å²) in [6.07, 6.45) is 0.589. The predicted molar refractivity (Wildman–Crippen MR) is 113 cm³/mol. The molecular weight excluding hydrogens is 421 g/mol. The molecule has 0 amide bonds. The zero-order valence-corrected chi connectivity index (χ0v) is 17.5. The average Bonchev–Trinajstić information content (AvgIpc) is 3.00. The Labute approximate surface area is 183 Å². The quantitative estimate of drug-likeness (QED) is 0.583. The maximum absolute atomic E-state index is 13.6. The minimum atomic E-state index is -0.631. The van der Waals surface area contributed by atoms with Crippen LogP contribution in [0.25, 0.3) is 0 Å². The second kappa shape index (κ2) is 9.32. The van der Waals surface area contributed by atoms with E-state index in [0.29, 0.717) is 61.4 Å². The fourth-order valence-corrected chi connectivity index (χ4v) is 4.38. The van der Waals surface area contributed by atoms with Crippen LogP contribution >= 0.6 is 0 Å². The van der Waals surface area contributed by atoms with Crippen molar-refractivity contribution in [2.45, 2.75) is 39.2 Å². The number of rotatable bonds is 7. The number of aliphatic hydroxyl groups excluding tert-OH is 1. The molecule has 3 aromatic rings. The first-order chi connectivity index (χ1) is 15.4. The van der Waals surface area contributed by atoms with E-state index in [1.54, 1.807) is 10.7 Å². The molecule has 1 aliphatic heterocycles. The van der Waals surface area contributed by atoms with E-state index < -0.39 is 17.5 Å². The SMILES string of the molecule is NCCn1c2c(c(=O)n1Cc1ccc(F)cc1CO)CN(Cc1cc(F)cc(F)c1)CC2. The summed E-state index contributed by atoms with van der Waals surface area (Å²) >= 11 is 0. The van der Waals surface area contributed by atoms with Gasteiger partial charge in [0.1, 0.15) is 17.5 Å². The Bertz CT molecular complexity index is 1170. The normalized spacial score (nSPS) is 14.0. The van der Waals surface area contributed by atoms with Crippen LogP contribution in [0, 0.1) is 17.5 Å². The third-order valence-corrected chi connectivity index (χ3v) is 5.82. The molecule has 0 fully saturated rings. The van der Waals surface area contributed by atoms with E-state index in [1.165, 1.54) is 24.3 Å². The van der Waals surface area contributed by atoms with Gasteiger partial charge >= 0.3 is 0 Å². The number of hydrogen-bond donors (Lipinski definition) is 2. The van der Waals surface area contributed by atoms with Crippen molar-refractivity contribution in [2.24, 2.45) is 5.73 Å². The lowest BCUT2D eigenvalue weighted by atomic mass is 10.1. The van der Waals surface area contributed by atoms with Crippen molar-refractivity contribution in [3.05, 3.63) is 92.2 Å². The van der Waals surface area contributed by atoms with Crippen LogP contribution in [-0.4, -0.2) is 32.5 Å². The van der Waals surface area contributed by atoms with Crippen LogP contribution in [0.1, 0.15) is 27.9 Å². The molecule has 0 saturated heterocycles. The predicted octanol–water partition coefficient (Wildman–Crippen LogP) is 2.12. The highest BCUT2D eigenvalue weighted by atomic mass is 19.1. The van der Waals surface area contributed by atoms with Gasteiger partial charge in [0.25, 0.3) is 5.56 Å². The van der Waals surface area contributed by atoms with Crippen LogP contribution in [0.4, 0.5) is 13.2 Å². The molecule has 0 atom stereocenters. The van der Waals surface area contributed by atoms with E-state index in [2.05, 4.69) is 0 Å². The van der Waals surface area contributed by atoms with Crippen LogP contribution in [0.2, 0.25) is 0 Å². The minimum absolute atomic E-state index is 0.178. The molecule has 170 valence electrons. The molecule has 9 heteroatoms. The average molecular weight is 446 g/mol. The molecule has 4 rings (SSSR count). The number of nitrogens with two attached hydrogens (primary N) is 1. The van der Waals surface area contributed by atoms with E-state index in [0.717, 1.165) is 11.8 Å². The molecule has 0 spiro atoms. The summed E-state index contributed by atoms with van der Waals surface area (Å²) in [6.45, 7) is 1.91. The van der Waals surface area contributed by atoms with E-state index in [4.69, 9.17) is 5.73 Å². The van der Waals surface area contributed by atoms with Gasteiger partial charge < -0.3 is 10.8 Å². The zero-order valence-electron chi connectivity index (χ0n) is 17.5. The van der Waals surface area contributed by atoms with E-state index in [1.807, 2.05) is 9.58 Å². The van der Waals surface area contributed by atoms with E-state index >= 15 is 0 Å². The van der Waals surface area contributed by atoms with Gasteiger partial charge in [-0.3, -0.25) is 14.4 Å². The minimum Gasteiger partial charge on any atom is -0.392 e. The molecule has 0 aliphatic carbocycles. The van der Waals surface area contributed by atoms with Crippen LogP contribution in [0.5, 0.6) is 0 Å². The second-order valence-electron chi connectivity index (χ2n) is 8.01. The van der Waals surface area contributed by atoms with E-state index in [9.17, 15) is 23.1 Å². The Kier molecular flexibility index (Phi) is 6.50. The summed E-state index contributed by atoms with van der Waals surface area (Å²) < 4.78 is 44.1. The Balaban J connectivity index is 1.65. The number of hydrogen-bond acceptors (Lipinski definition) is 4. The van der Waals surface area contributed by atoms with Gasteiger partial charge in [-0.25, -0.2) is 17.9 Å². The number of halogens is 3. The summed E-state index contributed by atoms with van der Waals surface area (Å²) in [7, 11) is 0. The van der Waals surface area contributed by atoms with Crippen LogP contribution in [0.15, 0.2) is 41.2 Å². The van der Waals surface area contributed by atoms with Gasteiger partial charge in [0, 0.05) is 44.4 Å². The number of aliphatic hydroxyl groups is 1. The van der Waals surface area contributed by atoms with Gasteiger partial charge in [0.15, 0.2) is 0 Å². The van der Waals surface area contributed by atoms with Crippen LogP contribution < -0.4 is 11.3 Å². The van der Waals surface area contributed by atoms with Crippen molar-refractivity contribution in [1.29, 1.82) is 0 Å². The van der Waals surface area contributed by atoms with Gasteiger partial charge in [-0.05, 0) is 41.0 Å². The van der Waals surface area contributed by atoms with Crippen molar-refractivity contribution < 1.29 is 18.3 Å². The zero-order chi connectivity index (χ0) is 22.8. The summed E-state index contributed by atoms with van der Waals surface area (Å²) in [5.74, 6) is -1.72. The van der Waals surface area contributed by atoms with Crippen molar-refractivity contribution in [1.82, 2.24) is 14.3 Å². The molecule has 0 radical (unpaired) electrons. The molecule has 32 heavy (non-hydrogen) atoms. The van der Waals surface area contributed by atoms with E-state index in [-0.39, 0.29) is 18.7 Å².